The summed E-state index contributed by atoms with van der Waals surface area (Å²) < 4.78 is 5.42. The number of amides is 1. The molecule has 1 amide bonds. The summed E-state index contributed by atoms with van der Waals surface area (Å²) >= 11 is 1.43. The molecule has 1 aromatic heterocycles. The van der Waals surface area contributed by atoms with Crippen LogP contribution in [0.1, 0.15) is 39.2 Å². The van der Waals surface area contributed by atoms with Gasteiger partial charge in [0, 0.05) is 10.8 Å². The van der Waals surface area contributed by atoms with Crippen LogP contribution in [0.25, 0.3) is 0 Å². The van der Waals surface area contributed by atoms with Crippen molar-refractivity contribution < 1.29 is 14.3 Å². The van der Waals surface area contributed by atoms with E-state index in [1.807, 2.05) is 44.2 Å². The molecule has 1 aliphatic rings. The van der Waals surface area contributed by atoms with E-state index in [2.05, 4.69) is 5.32 Å². The molecule has 4 nitrogen and oxygen atoms in total. The Labute approximate surface area is 139 Å². The van der Waals surface area contributed by atoms with E-state index < -0.39 is 0 Å². The van der Waals surface area contributed by atoms with Gasteiger partial charge in [0.15, 0.2) is 0 Å². The largest absolute Gasteiger partial charge is 0.457 e. The molecule has 120 valence electrons. The first-order valence-electron chi connectivity index (χ1n) is 7.68. The summed E-state index contributed by atoms with van der Waals surface area (Å²) in [6.45, 7) is 4.06. The zero-order valence-electron chi connectivity index (χ0n) is 13.2. The molecule has 1 heterocycles. The van der Waals surface area contributed by atoms with Crippen LogP contribution < -0.4 is 5.32 Å². The molecular formula is C18H19NO3S. The van der Waals surface area contributed by atoms with E-state index in [4.69, 9.17) is 4.74 Å². The van der Waals surface area contributed by atoms with Crippen LogP contribution in [0.4, 0.5) is 5.00 Å². The Balaban J connectivity index is 1.74. The SMILES string of the molecule is Cc1sc(NC(=O)C2CC2)c(C(=O)OCc2ccccc2)c1C. The number of aryl methyl sites for hydroxylation is 1. The zero-order valence-corrected chi connectivity index (χ0v) is 14.0. The molecule has 5 heteroatoms. The Hall–Kier alpha value is -2.14. The van der Waals surface area contributed by atoms with Gasteiger partial charge in [-0.25, -0.2) is 4.79 Å². The number of hydrogen-bond acceptors (Lipinski definition) is 4. The molecule has 1 aromatic carbocycles. The molecule has 2 aromatic rings. The van der Waals surface area contributed by atoms with Crippen molar-refractivity contribution in [1.82, 2.24) is 0 Å². The van der Waals surface area contributed by atoms with Crippen LogP contribution in [0.2, 0.25) is 0 Å². The Bertz CT molecular complexity index is 732. The summed E-state index contributed by atoms with van der Waals surface area (Å²) in [5.41, 5.74) is 2.30. The third-order valence-electron chi connectivity index (χ3n) is 3.99. The minimum atomic E-state index is -0.387. The first-order chi connectivity index (χ1) is 11.1. The summed E-state index contributed by atoms with van der Waals surface area (Å²) in [6.07, 6.45) is 1.87. The van der Waals surface area contributed by atoms with E-state index in [-0.39, 0.29) is 24.4 Å². The average Bonchev–Trinajstić information content (AvgIpc) is 3.35. The normalized spacial score (nSPS) is 13.7. The lowest BCUT2D eigenvalue weighted by Crippen LogP contribution is -2.16. The minimum absolute atomic E-state index is 0.00311. The number of esters is 1. The number of carbonyl (C=O) groups excluding carboxylic acids is 2. The number of thiophene rings is 1. The lowest BCUT2D eigenvalue weighted by Gasteiger charge is -2.08. The van der Waals surface area contributed by atoms with E-state index >= 15 is 0 Å². The van der Waals surface area contributed by atoms with Crippen LogP contribution in [0.5, 0.6) is 0 Å². The van der Waals surface area contributed by atoms with E-state index in [0.29, 0.717) is 10.6 Å². The fraction of sp³-hybridized carbons (Fsp3) is 0.333. The third-order valence-corrected chi connectivity index (χ3v) is 5.11. The van der Waals surface area contributed by atoms with Crippen LogP contribution in [0.15, 0.2) is 30.3 Å². The fourth-order valence-electron chi connectivity index (χ4n) is 2.32. The molecule has 0 atom stereocenters. The maximum Gasteiger partial charge on any atom is 0.341 e. The smallest absolute Gasteiger partial charge is 0.341 e. The van der Waals surface area contributed by atoms with Gasteiger partial charge in [0.05, 0.1) is 5.56 Å². The van der Waals surface area contributed by atoms with Gasteiger partial charge in [-0.3, -0.25) is 4.79 Å². The van der Waals surface area contributed by atoms with Gasteiger partial charge in [0.25, 0.3) is 0 Å². The number of benzene rings is 1. The highest BCUT2D eigenvalue weighted by Crippen LogP contribution is 2.36. The number of carbonyl (C=O) groups is 2. The average molecular weight is 329 g/mol. The van der Waals surface area contributed by atoms with Crippen LogP contribution in [-0.2, 0) is 16.1 Å². The first kappa shape index (κ1) is 15.7. The van der Waals surface area contributed by atoms with Gasteiger partial charge in [0.1, 0.15) is 11.6 Å². The monoisotopic (exact) mass is 329 g/mol. The summed E-state index contributed by atoms with van der Waals surface area (Å²) in [5, 5.41) is 3.50. The van der Waals surface area contributed by atoms with Gasteiger partial charge >= 0.3 is 5.97 Å². The number of hydrogen-bond donors (Lipinski definition) is 1. The molecule has 0 bridgehead atoms. The highest BCUT2D eigenvalue weighted by Gasteiger charge is 2.31. The summed E-state index contributed by atoms with van der Waals surface area (Å²) in [4.78, 5) is 25.5. The molecule has 0 spiro atoms. The molecule has 0 unspecified atom stereocenters. The lowest BCUT2D eigenvalue weighted by molar-refractivity contribution is -0.117. The fourth-order valence-corrected chi connectivity index (χ4v) is 3.37. The summed E-state index contributed by atoms with van der Waals surface area (Å²) in [6, 6.07) is 9.56. The van der Waals surface area contributed by atoms with Gasteiger partial charge in [0.2, 0.25) is 5.91 Å². The predicted molar refractivity (Wildman–Crippen MR) is 90.7 cm³/mol. The maximum atomic E-state index is 12.5. The Morgan fingerprint density at radius 3 is 2.57 bits per heavy atom. The van der Waals surface area contributed by atoms with Crippen molar-refractivity contribution in [1.29, 1.82) is 0 Å². The number of rotatable bonds is 5. The van der Waals surface area contributed by atoms with E-state index in [1.165, 1.54) is 11.3 Å². The van der Waals surface area contributed by atoms with E-state index in [9.17, 15) is 9.59 Å². The topological polar surface area (TPSA) is 55.4 Å². The number of nitrogens with one attached hydrogen (secondary N) is 1. The molecule has 23 heavy (non-hydrogen) atoms. The highest BCUT2D eigenvalue weighted by atomic mass is 32.1. The second-order valence-electron chi connectivity index (χ2n) is 5.81. The summed E-state index contributed by atoms with van der Waals surface area (Å²) in [5.74, 6) is -0.281. The number of anilines is 1. The van der Waals surface area contributed by atoms with Crippen molar-refractivity contribution in [2.45, 2.75) is 33.3 Å². The molecule has 0 radical (unpaired) electrons. The molecule has 3 rings (SSSR count). The molecule has 1 N–H and O–H groups in total. The maximum absolute atomic E-state index is 12.5. The quantitative estimate of drug-likeness (QED) is 0.841. The number of ether oxygens (including phenoxy) is 1. The molecule has 1 aliphatic carbocycles. The molecule has 1 saturated carbocycles. The van der Waals surface area contributed by atoms with Crippen molar-refractivity contribution in [3.63, 3.8) is 0 Å². The zero-order chi connectivity index (χ0) is 16.4. The molecule has 1 fully saturated rings. The Kier molecular flexibility index (Phi) is 4.48. The second kappa shape index (κ2) is 6.54. The van der Waals surface area contributed by atoms with E-state index in [0.717, 1.165) is 28.8 Å². The van der Waals surface area contributed by atoms with Crippen molar-refractivity contribution in [2.75, 3.05) is 5.32 Å². The minimum Gasteiger partial charge on any atom is -0.457 e. The van der Waals surface area contributed by atoms with Gasteiger partial charge in [-0.15, -0.1) is 11.3 Å². The van der Waals surface area contributed by atoms with Crippen molar-refractivity contribution in [2.24, 2.45) is 5.92 Å². The molecular weight excluding hydrogens is 310 g/mol. The van der Waals surface area contributed by atoms with Crippen LogP contribution in [0, 0.1) is 19.8 Å². The standard InChI is InChI=1S/C18H19NO3S/c1-11-12(2)23-17(19-16(20)14-8-9-14)15(11)18(21)22-10-13-6-4-3-5-7-13/h3-7,14H,8-10H2,1-2H3,(H,19,20). The lowest BCUT2D eigenvalue weighted by atomic mass is 10.1. The van der Waals surface area contributed by atoms with Crippen LogP contribution in [-0.4, -0.2) is 11.9 Å². The first-order valence-corrected chi connectivity index (χ1v) is 8.50. The van der Waals surface area contributed by atoms with Gasteiger partial charge in [-0.2, -0.15) is 0 Å². The molecule has 0 saturated heterocycles. The Morgan fingerprint density at radius 1 is 1.22 bits per heavy atom. The van der Waals surface area contributed by atoms with Gasteiger partial charge < -0.3 is 10.1 Å². The van der Waals surface area contributed by atoms with Gasteiger partial charge in [-0.05, 0) is 37.8 Å². The molecule has 0 aliphatic heterocycles. The van der Waals surface area contributed by atoms with Crippen molar-refractivity contribution in [3.05, 3.63) is 51.9 Å². The Morgan fingerprint density at radius 2 is 1.91 bits per heavy atom. The van der Waals surface area contributed by atoms with Crippen molar-refractivity contribution in [3.8, 4) is 0 Å². The van der Waals surface area contributed by atoms with Crippen LogP contribution in [0.3, 0.4) is 0 Å². The second-order valence-corrected chi connectivity index (χ2v) is 7.04. The third kappa shape index (κ3) is 3.62. The van der Waals surface area contributed by atoms with Crippen LogP contribution >= 0.6 is 11.3 Å². The highest BCUT2D eigenvalue weighted by molar-refractivity contribution is 7.16. The summed E-state index contributed by atoms with van der Waals surface area (Å²) in [7, 11) is 0. The van der Waals surface area contributed by atoms with Gasteiger partial charge in [-0.1, -0.05) is 30.3 Å². The van der Waals surface area contributed by atoms with E-state index in [1.54, 1.807) is 0 Å². The predicted octanol–water partition coefficient (Wildman–Crippen LogP) is 4.07. The van der Waals surface area contributed by atoms with Crippen molar-refractivity contribution >= 4 is 28.2 Å².